The first kappa shape index (κ1) is 14.1. The highest BCUT2D eigenvalue weighted by atomic mass is 35.5. The van der Waals surface area contributed by atoms with Crippen LogP contribution in [0.25, 0.3) is 11.0 Å². The van der Waals surface area contributed by atoms with E-state index in [9.17, 15) is 9.18 Å². The molecule has 1 atom stereocenters. The van der Waals surface area contributed by atoms with Crippen LogP contribution in [-0.4, -0.2) is 29.1 Å². The zero-order valence-corrected chi connectivity index (χ0v) is 12.3. The van der Waals surface area contributed by atoms with Crippen LogP contribution < -0.4 is 10.1 Å². The van der Waals surface area contributed by atoms with Crippen LogP contribution >= 0.6 is 11.6 Å². The summed E-state index contributed by atoms with van der Waals surface area (Å²) in [6.45, 7) is 0.522. The molecule has 21 heavy (non-hydrogen) atoms. The van der Waals surface area contributed by atoms with E-state index in [1.54, 1.807) is 6.07 Å². The molecular formula is C14H15ClFN3O2. The predicted octanol–water partition coefficient (Wildman–Crippen LogP) is 2.37. The number of methoxy groups -OCH3 is 1. The average Bonchev–Trinajstić information content (AvgIpc) is 2.84. The van der Waals surface area contributed by atoms with Crippen molar-refractivity contribution in [3.05, 3.63) is 23.8 Å². The third kappa shape index (κ3) is 2.44. The first-order valence-corrected chi connectivity index (χ1v) is 7.24. The molecule has 112 valence electrons. The van der Waals surface area contributed by atoms with E-state index in [2.05, 4.69) is 10.3 Å². The third-order valence-corrected chi connectivity index (χ3v) is 4.00. The molecule has 1 aliphatic heterocycles. The van der Waals surface area contributed by atoms with Gasteiger partial charge < -0.3 is 14.6 Å². The molecule has 3 rings (SSSR count). The maximum Gasteiger partial charge on any atom is 0.220 e. The molecule has 0 bridgehead atoms. The van der Waals surface area contributed by atoms with Gasteiger partial charge in [0, 0.05) is 25.1 Å². The molecule has 1 saturated heterocycles. The Labute approximate surface area is 126 Å². The zero-order valence-electron chi connectivity index (χ0n) is 11.5. The maximum absolute atomic E-state index is 13.8. The molecule has 2 aromatic rings. The SMILES string of the molecule is COc1cc2c(cc1F)nc(CCl)n2C1CCC(=O)NC1. The van der Waals surface area contributed by atoms with E-state index in [4.69, 9.17) is 16.3 Å². The van der Waals surface area contributed by atoms with E-state index in [0.717, 1.165) is 5.52 Å². The number of alkyl halides is 1. The van der Waals surface area contributed by atoms with Gasteiger partial charge in [-0.25, -0.2) is 9.37 Å². The molecular weight excluding hydrogens is 297 g/mol. The van der Waals surface area contributed by atoms with Crippen molar-refractivity contribution in [2.45, 2.75) is 24.8 Å². The Morgan fingerprint density at radius 1 is 1.57 bits per heavy atom. The van der Waals surface area contributed by atoms with Gasteiger partial charge in [-0.15, -0.1) is 11.6 Å². The number of nitrogens with zero attached hydrogens (tertiary/aromatic N) is 2. The van der Waals surface area contributed by atoms with Gasteiger partial charge in [-0.05, 0) is 6.42 Å². The van der Waals surface area contributed by atoms with Crippen LogP contribution in [0.15, 0.2) is 12.1 Å². The first-order valence-electron chi connectivity index (χ1n) is 6.71. The molecule has 1 fully saturated rings. The number of carbonyl (C=O) groups excluding carboxylic acids is 1. The zero-order chi connectivity index (χ0) is 15.0. The van der Waals surface area contributed by atoms with E-state index < -0.39 is 5.82 Å². The summed E-state index contributed by atoms with van der Waals surface area (Å²) in [5.74, 6) is 0.660. The van der Waals surface area contributed by atoms with Crippen LogP contribution in [0, 0.1) is 5.82 Å². The minimum absolute atomic E-state index is 0.0479. The molecule has 1 N–H and O–H groups in total. The molecule has 5 nitrogen and oxygen atoms in total. The Morgan fingerprint density at radius 3 is 3.00 bits per heavy atom. The average molecular weight is 312 g/mol. The van der Waals surface area contributed by atoms with Crippen molar-refractivity contribution in [2.24, 2.45) is 0 Å². The first-order chi connectivity index (χ1) is 10.1. The smallest absolute Gasteiger partial charge is 0.220 e. The molecule has 1 aliphatic rings. The summed E-state index contributed by atoms with van der Waals surface area (Å²) < 4.78 is 20.8. The summed E-state index contributed by atoms with van der Waals surface area (Å²) in [7, 11) is 1.42. The monoisotopic (exact) mass is 311 g/mol. The van der Waals surface area contributed by atoms with Crippen molar-refractivity contribution >= 4 is 28.5 Å². The van der Waals surface area contributed by atoms with Crippen molar-refractivity contribution in [1.82, 2.24) is 14.9 Å². The van der Waals surface area contributed by atoms with Crippen LogP contribution in [0.4, 0.5) is 4.39 Å². The lowest BCUT2D eigenvalue weighted by Crippen LogP contribution is -2.36. The number of piperidine rings is 1. The molecule has 0 spiro atoms. The number of nitrogens with one attached hydrogen (secondary N) is 1. The third-order valence-electron chi connectivity index (χ3n) is 3.76. The normalized spacial score (nSPS) is 18.8. The highest BCUT2D eigenvalue weighted by Gasteiger charge is 2.24. The summed E-state index contributed by atoms with van der Waals surface area (Å²) in [6, 6.07) is 3.04. The van der Waals surface area contributed by atoms with Gasteiger partial charge in [-0.2, -0.15) is 0 Å². The number of carbonyl (C=O) groups is 1. The largest absolute Gasteiger partial charge is 0.494 e. The number of halogens is 2. The Bertz CT molecular complexity index is 691. The van der Waals surface area contributed by atoms with Gasteiger partial charge in [-0.1, -0.05) is 0 Å². The fourth-order valence-corrected chi connectivity index (χ4v) is 2.93. The van der Waals surface area contributed by atoms with Crippen LogP contribution in [0.5, 0.6) is 5.75 Å². The highest BCUT2D eigenvalue weighted by Crippen LogP contribution is 2.30. The van der Waals surface area contributed by atoms with Gasteiger partial charge in [0.1, 0.15) is 5.82 Å². The Morgan fingerprint density at radius 2 is 2.38 bits per heavy atom. The van der Waals surface area contributed by atoms with Crippen molar-refractivity contribution in [3.8, 4) is 5.75 Å². The molecule has 1 aromatic carbocycles. The molecule has 0 saturated carbocycles. The fourth-order valence-electron chi connectivity index (χ4n) is 2.74. The number of imidazole rings is 1. The number of amides is 1. The minimum Gasteiger partial charge on any atom is -0.494 e. The van der Waals surface area contributed by atoms with Crippen LogP contribution in [0.3, 0.4) is 0 Å². The van der Waals surface area contributed by atoms with Crippen molar-refractivity contribution in [3.63, 3.8) is 0 Å². The van der Waals surface area contributed by atoms with E-state index in [-0.39, 0.29) is 23.6 Å². The number of aromatic nitrogens is 2. The lowest BCUT2D eigenvalue weighted by Gasteiger charge is -2.25. The van der Waals surface area contributed by atoms with Gasteiger partial charge in [0.05, 0.1) is 30.1 Å². The Kier molecular flexibility index (Phi) is 3.71. The second kappa shape index (κ2) is 5.52. The predicted molar refractivity (Wildman–Crippen MR) is 77.1 cm³/mol. The van der Waals surface area contributed by atoms with E-state index in [1.807, 2.05) is 4.57 Å². The topological polar surface area (TPSA) is 56.2 Å². The van der Waals surface area contributed by atoms with Crippen molar-refractivity contribution in [2.75, 3.05) is 13.7 Å². The summed E-state index contributed by atoms with van der Waals surface area (Å²) >= 11 is 5.97. The number of rotatable bonds is 3. The number of hydrogen-bond acceptors (Lipinski definition) is 3. The number of benzene rings is 1. The second-order valence-electron chi connectivity index (χ2n) is 5.00. The second-order valence-corrected chi connectivity index (χ2v) is 5.27. The quantitative estimate of drug-likeness (QED) is 0.885. The van der Waals surface area contributed by atoms with Gasteiger partial charge in [0.15, 0.2) is 11.6 Å². The standard InChI is InChI=1S/C14H15ClFN3O2/c1-21-12-5-11-10(4-9(12)16)18-13(6-15)19(11)8-2-3-14(20)17-7-8/h4-5,8H,2-3,6-7H2,1H3,(H,17,20). The van der Waals surface area contributed by atoms with Crippen LogP contribution in [0.2, 0.25) is 0 Å². The lowest BCUT2D eigenvalue weighted by atomic mass is 10.1. The van der Waals surface area contributed by atoms with Crippen molar-refractivity contribution in [1.29, 1.82) is 0 Å². The van der Waals surface area contributed by atoms with Crippen LogP contribution in [-0.2, 0) is 10.7 Å². The molecule has 1 unspecified atom stereocenters. The Balaban J connectivity index is 2.12. The van der Waals surface area contributed by atoms with Gasteiger partial charge in [0.2, 0.25) is 5.91 Å². The maximum atomic E-state index is 13.8. The molecule has 0 aliphatic carbocycles. The van der Waals surface area contributed by atoms with Gasteiger partial charge >= 0.3 is 0 Å². The summed E-state index contributed by atoms with van der Waals surface area (Å²) in [5, 5.41) is 2.84. The molecule has 2 heterocycles. The fraction of sp³-hybridized carbons (Fsp3) is 0.429. The number of ether oxygens (including phenoxy) is 1. The van der Waals surface area contributed by atoms with Crippen LogP contribution in [0.1, 0.15) is 24.7 Å². The van der Waals surface area contributed by atoms with Crippen molar-refractivity contribution < 1.29 is 13.9 Å². The number of fused-ring (bicyclic) bond motifs is 1. The van der Waals surface area contributed by atoms with Gasteiger partial charge in [0.25, 0.3) is 0 Å². The summed E-state index contributed by atoms with van der Waals surface area (Å²) in [6.07, 6.45) is 1.17. The minimum atomic E-state index is -0.451. The number of hydrogen-bond donors (Lipinski definition) is 1. The molecule has 1 amide bonds. The molecule has 7 heteroatoms. The van der Waals surface area contributed by atoms with E-state index >= 15 is 0 Å². The van der Waals surface area contributed by atoms with E-state index in [1.165, 1.54) is 13.2 Å². The van der Waals surface area contributed by atoms with E-state index in [0.29, 0.717) is 30.7 Å². The summed E-state index contributed by atoms with van der Waals surface area (Å²) in [4.78, 5) is 15.7. The Hall–Kier alpha value is -1.82. The molecule has 1 aromatic heterocycles. The lowest BCUT2D eigenvalue weighted by molar-refractivity contribution is -0.122. The summed E-state index contributed by atoms with van der Waals surface area (Å²) in [5.41, 5.74) is 1.31. The molecule has 0 radical (unpaired) electrons. The highest BCUT2D eigenvalue weighted by molar-refractivity contribution is 6.16. The van der Waals surface area contributed by atoms with Gasteiger partial charge in [-0.3, -0.25) is 4.79 Å².